The molecule has 1 aromatic rings. The molecule has 0 amide bonds. The van der Waals surface area contributed by atoms with Gasteiger partial charge >= 0.3 is 0 Å². The Morgan fingerprint density at radius 1 is 0.889 bits per heavy atom. The average Bonchev–Trinajstić information content (AvgIpc) is 2.59. The van der Waals surface area contributed by atoms with Gasteiger partial charge in [0, 0.05) is 6.07 Å². The van der Waals surface area contributed by atoms with E-state index < -0.39 is 0 Å². The van der Waals surface area contributed by atoms with Crippen molar-refractivity contribution in [1.82, 2.24) is 0 Å². The summed E-state index contributed by atoms with van der Waals surface area (Å²) in [5.74, 6) is 0.316. The quantitative estimate of drug-likeness (QED) is 0.363. The molecule has 0 saturated carbocycles. The third kappa shape index (κ3) is 12.9. The van der Waals surface area contributed by atoms with Crippen LogP contribution in [-0.2, 0) is 6.54 Å². The van der Waals surface area contributed by atoms with E-state index in [1.54, 1.807) is 0 Å². The van der Waals surface area contributed by atoms with Crippen molar-refractivity contribution in [1.29, 1.82) is 0 Å². The third-order valence-electron chi connectivity index (χ3n) is 5.07. The first-order valence-electron chi connectivity index (χ1n) is 10.6. The molecule has 1 N–H and O–H groups in total. The van der Waals surface area contributed by atoms with E-state index in [4.69, 9.17) is 4.42 Å². The molecule has 0 spiro atoms. The second-order valence-corrected chi connectivity index (χ2v) is 8.30. The molecular formula is C22H40ClNO3. The maximum atomic E-state index is 11.5. The zero-order valence-corrected chi connectivity index (χ0v) is 18.4. The number of halogens is 1. The van der Waals surface area contributed by atoms with Gasteiger partial charge in [0.05, 0.1) is 20.6 Å². The van der Waals surface area contributed by atoms with E-state index in [2.05, 4.69) is 21.0 Å². The van der Waals surface area contributed by atoms with Crippen LogP contribution >= 0.6 is 0 Å². The summed E-state index contributed by atoms with van der Waals surface area (Å²) in [7, 11) is 4.32. The summed E-state index contributed by atoms with van der Waals surface area (Å²) >= 11 is 0. The van der Waals surface area contributed by atoms with Crippen LogP contribution in [-0.4, -0.2) is 30.2 Å². The lowest BCUT2D eigenvalue weighted by atomic mass is 10.1. The SMILES string of the molecule is CCCCCCCCCCCCCC[N+](C)(C)Cc1cc(=O)c(O)co1.[Cl-]. The lowest BCUT2D eigenvalue weighted by molar-refractivity contribution is -0.904. The van der Waals surface area contributed by atoms with Crippen molar-refractivity contribution in [2.75, 3.05) is 20.6 Å². The van der Waals surface area contributed by atoms with Crippen molar-refractivity contribution in [2.45, 2.75) is 90.5 Å². The Kier molecular flexibility index (Phi) is 14.4. The number of quaternary nitrogens is 1. The Morgan fingerprint density at radius 3 is 1.85 bits per heavy atom. The van der Waals surface area contributed by atoms with E-state index in [1.807, 2.05) is 0 Å². The minimum atomic E-state index is -0.364. The van der Waals surface area contributed by atoms with Crippen LogP contribution < -0.4 is 17.8 Å². The average molecular weight is 402 g/mol. The van der Waals surface area contributed by atoms with Crippen LogP contribution in [0.4, 0.5) is 0 Å². The van der Waals surface area contributed by atoms with Crippen molar-refractivity contribution >= 4 is 0 Å². The fourth-order valence-electron chi connectivity index (χ4n) is 3.41. The maximum absolute atomic E-state index is 11.5. The molecule has 0 saturated heterocycles. The van der Waals surface area contributed by atoms with Crippen LogP contribution in [0.3, 0.4) is 0 Å². The Morgan fingerprint density at radius 2 is 1.37 bits per heavy atom. The first-order valence-corrected chi connectivity index (χ1v) is 10.6. The van der Waals surface area contributed by atoms with Gasteiger partial charge in [0.15, 0.2) is 11.5 Å². The first kappa shape index (κ1) is 26.0. The minimum absolute atomic E-state index is 0. The van der Waals surface area contributed by atoms with E-state index in [0.29, 0.717) is 12.3 Å². The summed E-state index contributed by atoms with van der Waals surface area (Å²) in [6.45, 7) is 4.01. The van der Waals surface area contributed by atoms with Gasteiger partial charge in [-0.15, -0.1) is 0 Å². The van der Waals surface area contributed by atoms with Crippen molar-refractivity contribution in [3.05, 3.63) is 28.3 Å². The first-order chi connectivity index (χ1) is 12.4. The predicted octanol–water partition coefficient (Wildman–Crippen LogP) is 2.63. The molecule has 0 aromatic carbocycles. The van der Waals surface area contributed by atoms with Gasteiger partial charge < -0.3 is 26.4 Å². The molecule has 5 heteroatoms. The van der Waals surface area contributed by atoms with Crippen molar-refractivity contribution in [3.8, 4) is 5.75 Å². The molecule has 0 unspecified atom stereocenters. The number of unbranched alkanes of at least 4 members (excludes halogenated alkanes) is 11. The molecule has 0 aliphatic carbocycles. The molecule has 1 aromatic heterocycles. The highest BCUT2D eigenvalue weighted by Gasteiger charge is 2.17. The fraction of sp³-hybridized carbons (Fsp3) is 0.773. The van der Waals surface area contributed by atoms with E-state index in [9.17, 15) is 9.90 Å². The number of hydrogen-bond acceptors (Lipinski definition) is 3. The number of aromatic hydroxyl groups is 1. The van der Waals surface area contributed by atoms with Crippen LogP contribution in [0.5, 0.6) is 5.75 Å². The highest BCUT2D eigenvalue weighted by Crippen LogP contribution is 2.14. The molecular weight excluding hydrogens is 362 g/mol. The standard InChI is InChI=1S/C22H39NO3.ClH/c1-4-5-6-7-8-9-10-11-12-13-14-15-16-23(2,3)18-20-17-21(24)22(25)19-26-20;/h17,19H,4-16,18H2,1-3H3;1H. The van der Waals surface area contributed by atoms with Gasteiger partial charge in [-0.05, 0) is 12.8 Å². The fourth-order valence-corrected chi connectivity index (χ4v) is 3.41. The molecule has 0 fully saturated rings. The van der Waals surface area contributed by atoms with Crippen LogP contribution in [0.15, 0.2) is 21.5 Å². The third-order valence-corrected chi connectivity index (χ3v) is 5.07. The summed E-state index contributed by atoms with van der Waals surface area (Å²) in [4.78, 5) is 11.5. The zero-order chi connectivity index (χ0) is 19.3. The molecule has 0 atom stereocenters. The van der Waals surface area contributed by atoms with Crippen molar-refractivity contribution < 1.29 is 26.4 Å². The topological polar surface area (TPSA) is 50.4 Å². The summed E-state index contributed by atoms with van der Waals surface area (Å²) in [5, 5.41) is 9.26. The monoisotopic (exact) mass is 401 g/mol. The molecule has 27 heavy (non-hydrogen) atoms. The van der Waals surface area contributed by atoms with E-state index in [-0.39, 0.29) is 23.6 Å². The Labute approximate surface area is 172 Å². The van der Waals surface area contributed by atoms with Gasteiger partial charge in [-0.2, -0.15) is 0 Å². The summed E-state index contributed by atoms with van der Waals surface area (Å²) in [5.41, 5.74) is -0.364. The van der Waals surface area contributed by atoms with Crippen LogP contribution in [0.1, 0.15) is 89.7 Å². The van der Waals surface area contributed by atoms with Gasteiger partial charge in [0.1, 0.15) is 12.8 Å². The number of nitrogens with zero attached hydrogens (tertiary/aromatic N) is 1. The Hall–Kier alpha value is -1.00. The molecule has 1 rings (SSSR count). The molecule has 1 heterocycles. The molecule has 0 aliphatic rings. The van der Waals surface area contributed by atoms with Gasteiger partial charge in [0.25, 0.3) is 0 Å². The molecule has 158 valence electrons. The molecule has 0 radical (unpaired) electrons. The van der Waals surface area contributed by atoms with Crippen LogP contribution in [0.25, 0.3) is 0 Å². The Balaban J connectivity index is 0.00000676. The highest BCUT2D eigenvalue weighted by molar-refractivity contribution is 5.15. The van der Waals surface area contributed by atoms with Gasteiger partial charge in [0.2, 0.25) is 5.43 Å². The van der Waals surface area contributed by atoms with E-state index >= 15 is 0 Å². The zero-order valence-electron chi connectivity index (χ0n) is 17.6. The molecule has 4 nitrogen and oxygen atoms in total. The van der Waals surface area contributed by atoms with E-state index in [1.165, 1.54) is 83.1 Å². The summed E-state index contributed by atoms with van der Waals surface area (Å²) < 4.78 is 6.12. The molecule has 0 bridgehead atoms. The van der Waals surface area contributed by atoms with Crippen LogP contribution in [0, 0.1) is 0 Å². The maximum Gasteiger partial charge on any atom is 0.226 e. The summed E-state index contributed by atoms with van der Waals surface area (Å²) in [6.07, 6.45) is 17.5. The largest absolute Gasteiger partial charge is 1.00 e. The number of hydrogen-bond donors (Lipinski definition) is 1. The Bertz CT molecular complexity index is 543. The second kappa shape index (κ2) is 15.0. The van der Waals surface area contributed by atoms with Crippen molar-refractivity contribution in [3.63, 3.8) is 0 Å². The lowest BCUT2D eigenvalue weighted by Gasteiger charge is -2.29. The van der Waals surface area contributed by atoms with Crippen molar-refractivity contribution in [2.24, 2.45) is 0 Å². The lowest BCUT2D eigenvalue weighted by Crippen LogP contribution is -3.00. The van der Waals surface area contributed by atoms with Crippen LogP contribution in [0.2, 0.25) is 0 Å². The second-order valence-electron chi connectivity index (χ2n) is 8.30. The minimum Gasteiger partial charge on any atom is -1.00 e. The van der Waals surface area contributed by atoms with Gasteiger partial charge in [-0.3, -0.25) is 4.79 Å². The van der Waals surface area contributed by atoms with E-state index in [0.717, 1.165) is 17.3 Å². The smallest absolute Gasteiger partial charge is 0.226 e. The normalized spacial score (nSPS) is 11.4. The predicted molar refractivity (Wildman–Crippen MR) is 108 cm³/mol. The highest BCUT2D eigenvalue weighted by atomic mass is 35.5. The van der Waals surface area contributed by atoms with Gasteiger partial charge in [-0.25, -0.2) is 0 Å². The number of rotatable bonds is 15. The molecule has 0 aliphatic heterocycles. The van der Waals surface area contributed by atoms with Gasteiger partial charge in [-0.1, -0.05) is 71.1 Å². The summed E-state index contributed by atoms with van der Waals surface area (Å²) in [6, 6.07) is 1.40.